The summed E-state index contributed by atoms with van der Waals surface area (Å²) in [6, 6.07) is 29.7. The van der Waals surface area contributed by atoms with Crippen LogP contribution in [0.15, 0.2) is 91.0 Å². The maximum absolute atomic E-state index is 13.7. The number of aryl methyl sites for hydroxylation is 1. The van der Waals surface area contributed by atoms with Gasteiger partial charge in [-0.25, -0.2) is 0 Å². The van der Waals surface area contributed by atoms with Crippen molar-refractivity contribution < 1.29 is 9.59 Å². The van der Waals surface area contributed by atoms with Crippen LogP contribution in [0.5, 0.6) is 0 Å². The Hall–Kier alpha value is -3.92. The molecule has 0 fully saturated rings. The molecule has 0 spiro atoms. The number of fused-ring (bicyclic) bond motifs is 2. The zero-order chi connectivity index (χ0) is 22.1. The number of rotatable bonds is 3. The number of anilines is 1. The zero-order valence-electron chi connectivity index (χ0n) is 17.9. The topological polar surface area (TPSA) is 49.4 Å². The van der Waals surface area contributed by atoms with Gasteiger partial charge in [-0.3, -0.25) is 9.59 Å². The van der Waals surface area contributed by atoms with E-state index in [1.165, 1.54) is 0 Å². The van der Waals surface area contributed by atoms with Gasteiger partial charge in [0.15, 0.2) is 0 Å². The molecule has 4 aromatic rings. The number of amides is 2. The predicted molar refractivity (Wildman–Crippen MR) is 127 cm³/mol. The summed E-state index contributed by atoms with van der Waals surface area (Å²) in [5, 5.41) is 5.16. The number of carbonyl (C=O) groups is 2. The summed E-state index contributed by atoms with van der Waals surface area (Å²) >= 11 is 0. The Kier molecular flexibility index (Phi) is 5.20. The molecule has 4 heteroatoms. The first-order valence-corrected chi connectivity index (χ1v) is 10.8. The minimum Gasteiger partial charge on any atom is -0.324 e. The van der Waals surface area contributed by atoms with E-state index in [4.69, 9.17) is 0 Å². The van der Waals surface area contributed by atoms with Crippen molar-refractivity contribution in [3.05, 3.63) is 113 Å². The summed E-state index contributed by atoms with van der Waals surface area (Å²) in [7, 11) is 0. The molecule has 0 aromatic heterocycles. The lowest BCUT2D eigenvalue weighted by atomic mass is 9.94. The van der Waals surface area contributed by atoms with Crippen LogP contribution in [-0.4, -0.2) is 23.3 Å². The minimum absolute atomic E-state index is 0.0108. The first-order valence-electron chi connectivity index (χ1n) is 10.8. The smallest absolute Gasteiger partial charge is 0.244 e. The van der Waals surface area contributed by atoms with E-state index in [0.717, 1.165) is 38.7 Å². The lowest BCUT2D eigenvalue weighted by Crippen LogP contribution is -2.39. The molecule has 2 amide bonds. The van der Waals surface area contributed by atoms with Crippen LogP contribution in [0.2, 0.25) is 0 Å². The minimum atomic E-state index is -0.340. The summed E-state index contributed by atoms with van der Waals surface area (Å²) in [5.74, 6) is -0.250. The van der Waals surface area contributed by atoms with Crippen molar-refractivity contribution in [1.82, 2.24) is 4.90 Å². The van der Waals surface area contributed by atoms with Crippen molar-refractivity contribution in [3.8, 4) is 0 Å². The van der Waals surface area contributed by atoms with Gasteiger partial charge >= 0.3 is 0 Å². The molecular weight excluding hydrogens is 396 g/mol. The van der Waals surface area contributed by atoms with E-state index in [1.54, 1.807) is 4.90 Å². The predicted octanol–water partition coefficient (Wildman–Crippen LogP) is 5.26. The Morgan fingerprint density at radius 2 is 1.69 bits per heavy atom. The molecule has 1 atom stereocenters. The average Bonchev–Trinajstić information content (AvgIpc) is 2.95. The number of hydrogen-bond donors (Lipinski definition) is 1. The highest BCUT2D eigenvalue weighted by molar-refractivity contribution is 5.98. The third-order valence-corrected chi connectivity index (χ3v) is 6.06. The van der Waals surface area contributed by atoms with Crippen LogP contribution < -0.4 is 5.32 Å². The standard InChI is InChI=1S/C28H24N2O2/c1-19-14-15-25-24(16-19)28(21-9-3-2-4-10-21)30(18-26(31)29-25)27(32)17-22-12-7-11-20-8-5-6-13-23(20)22/h2-16,28H,17-18H2,1H3,(H,29,31). The molecule has 0 saturated heterocycles. The van der Waals surface area contributed by atoms with Crippen molar-refractivity contribution in [1.29, 1.82) is 0 Å². The molecule has 1 N–H and O–H groups in total. The molecule has 1 aliphatic rings. The summed E-state index contributed by atoms with van der Waals surface area (Å²) in [6.45, 7) is 2.04. The van der Waals surface area contributed by atoms with Gasteiger partial charge in [-0.2, -0.15) is 0 Å². The van der Waals surface area contributed by atoms with Gasteiger partial charge in [-0.1, -0.05) is 90.5 Å². The highest BCUT2D eigenvalue weighted by Crippen LogP contribution is 2.36. The Bertz CT molecular complexity index is 1310. The zero-order valence-corrected chi connectivity index (χ0v) is 17.9. The maximum Gasteiger partial charge on any atom is 0.244 e. The summed E-state index contributed by atoms with van der Waals surface area (Å²) in [6.07, 6.45) is 0.235. The van der Waals surface area contributed by atoms with Crippen LogP contribution in [0.4, 0.5) is 5.69 Å². The van der Waals surface area contributed by atoms with Crippen molar-refractivity contribution in [3.63, 3.8) is 0 Å². The Balaban J connectivity index is 1.60. The van der Waals surface area contributed by atoms with Gasteiger partial charge in [-0.15, -0.1) is 0 Å². The molecule has 4 aromatic carbocycles. The van der Waals surface area contributed by atoms with E-state index in [-0.39, 0.29) is 30.8 Å². The van der Waals surface area contributed by atoms with Crippen LogP contribution in [0.1, 0.15) is 28.3 Å². The monoisotopic (exact) mass is 420 g/mol. The molecule has 4 nitrogen and oxygen atoms in total. The van der Waals surface area contributed by atoms with E-state index in [0.29, 0.717) is 0 Å². The normalized spacial score (nSPS) is 15.7. The van der Waals surface area contributed by atoms with Gasteiger partial charge < -0.3 is 10.2 Å². The molecular formula is C28H24N2O2. The van der Waals surface area contributed by atoms with Crippen molar-refractivity contribution in [2.75, 3.05) is 11.9 Å². The average molecular weight is 421 g/mol. The third kappa shape index (κ3) is 3.76. The lowest BCUT2D eigenvalue weighted by molar-refractivity contribution is -0.135. The Morgan fingerprint density at radius 3 is 2.53 bits per heavy atom. The number of nitrogens with one attached hydrogen (secondary N) is 1. The quantitative estimate of drug-likeness (QED) is 0.491. The van der Waals surface area contributed by atoms with E-state index in [1.807, 2.05) is 79.7 Å². The molecule has 1 aliphatic heterocycles. The molecule has 32 heavy (non-hydrogen) atoms. The van der Waals surface area contributed by atoms with Crippen LogP contribution in [-0.2, 0) is 16.0 Å². The SMILES string of the molecule is Cc1ccc2c(c1)C(c1ccccc1)N(C(=O)Cc1cccc3ccccc13)CC(=O)N2. The number of carbonyl (C=O) groups excluding carboxylic acids is 2. The Morgan fingerprint density at radius 1 is 0.938 bits per heavy atom. The second-order valence-electron chi connectivity index (χ2n) is 8.29. The molecule has 158 valence electrons. The van der Waals surface area contributed by atoms with Crippen molar-refractivity contribution >= 4 is 28.3 Å². The lowest BCUT2D eigenvalue weighted by Gasteiger charge is -2.31. The van der Waals surface area contributed by atoms with Crippen LogP contribution >= 0.6 is 0 Å². The Labute approximate surface area is 187 Å². The van der Waals surface area contributed by atoms with Gasteiger partial charge in [-0.05, 0) is 34.9 Å². The van der Waals surface area contributed by atoms with Crippen LogP contribution in [0.3, 0.4) is 0 Å². The fourth-order valence-corrected chi connectivity index (χ4v) is 4.56. The van der Waals surface area contributed by atoms with E-state index >= 15 is 0 Å². The molecule has 0 radical (unpaired) electrons. The fourth-order valence-electron chi connectivity index (χ4n) is 4.56. The van der Waals surface area contributed by atoms with Gasteiger partial charge in [0.1, 0.15) is 6.54 Å². The van der Waals surface area contributed by atoms with Gasteiger partial charge in [0.2, 0.25) is 11.8 Å². The highest BCUT2D eigenvalue weighted by atomic mass is 16.2. The first kappa shape index (κ1) is 20.0. The molecule has 5 rings (SSSR count). The molecule has 0 saturated carbocycles. The van der Waals surface area contributed by atoms with Crippen molar-refractivity contribution in [2.45, 2.75) is 19.4 Å². The summed E-state index contributed by atoms with van der Waals surface area (Å²) in [4.78, 5) is 28.2. The van der Waals surface area contributed by atoms with E-state index in [9.17, 15) is 9.59 Å². The fraction of sp³-hybridized carbons (Fsp3) is 0.143. The third-order valence-electron chi connectivity index (χ3n) is 6.06. The summed E-state index contributed by atoms with van der Waals surface area (Å²) in [5.41, 5.74) is 4.74. The van der Waals surface area contributed by atoms with Gasteiger partial charge in [0, 0.05) is 11.3 Å². The number of hydrogen-bond acceptors (Lipinski definition) is 2. The molecule has 0 bridgehead atoms. The number of nitrogens with zero attached hydrogens (tertiary/aromatic N) is 1. The largest absolute Gasteiger partial charge is 0.324 e. The van der Waals surface area contributed by atoms with Crippen LogP contribution in [0, 0.1) is 6.92 Å². The first-order chi connectivity index (χ1) is 15.6. The van der Waals surface area contributed by atoms with E-state index in [2.05, 4.69) is 23.5 Å². The highest BCUT2D eigenvalue weighted by Gasteiger charge is 2.33. The maximum atomic E-state index is 13.7. The van der Waals surface area contributed by atoms with Crippen LogP contribution in [0.25, 0.3) is 10.8 Å². The summed E-state index contributed by atoms with van der Waals surface area (Å²) < 4.78 is 0. The molecule has 1 unspecified atom stereocenters. The van der Waals surface area contributed by atoms with Crippen molar-refractivity contribution in [2.24, 2.45) is 0 Å². The molecule has 1 heterocycles. The second kappa shape index (κ2) is 8.31. The van der Waals surface area contributed by atoms with Gasteiger partial charge in [0.25, 0.3) is 0 Å². The molecule has 0 aliphatic carbocycles. The second-order valence-corrected chi connectivity index (χ2v) is 8.29. The number of benzene rings is 4. The van der Waals surface area contributed by atoms with E-state index < -0.39 is 0 Å². The van der Waals surface area contributed by atoms with Gasteiger partial charge in [0.05, 0.1) is 12.5 Å².